The van der Waals surface area contributed by atoms with Crippen molar-refractivity contribution in [2.45, 2.75) is 43.4 Å². The SMILES string of the molecule is CC(C)(C)c1ccc(S(=O)(=O)N2CCC(c3c[nH]c4ccccc34)C2)cc1. The lowest BCUT2D eigenvalue weighted by Crippen LogP contribution is -2.28. The number of hydrogen-bond donors (Lipinski definition) is 1. The van der Waals surface area contributed by atoms with Gasteiger partial charge in [0.05, 0.1) is 4.90 Å². The molecule has 1 N–H and O–H groups in total. The molecule has 1 atom stereocenters. The lowest BCUT2D eigenvalue weighted by Gasteiger charge is -2.20. The van der Waals surface area contributed by atoms with Crippen LogP contribution in [0.4, 0.5) is 0 Å². The number of rotatable bonds is 3. The van der Waals surface area contributed by atoms with E-state index in [2.05, 4.69) is 37.9 Å². The highest BCUT2D eigenvalue weighted by Crippen LogP contribution is 2.35. The number of sulfonamides is 1. The van der Waals surface area contributed by atoms with Gasteiger partial charge in [0.2, 0.25) is 10.0 Å². The van der Waals surface area contributed by atoms with Crippen LogP contribution in [0.1, 0.15) is 44.2 Å². The van der Waals surface area contributed by atoms with E-state index in [4.69, 9.17) is 0 Å². The van der Waals surface area contributed by atoms with Crippen molar-refractivity contribution in [1.82, 2.24) is 9.29 Å². The third-order valence-corrected chi connectivity index (χ3v) is 7.45. The Hall–Kier alpha value is -2.11. The van der Waals surface area contributed by atoms with E-state index in [0.717, 1.165) is 17.5 Å². The lowest BCUT2D eigenvalue weighted by atomic mass is 9.87. The highest BCUT2D eigenvalue weighted by atomic mass is 32.2. The van der Waals surface area contributed by atoms with Crippen molar-refractivity contribution in [3.05, 3.63) is 65.9 Å². The molecule has 0 radical (unpaired) electrons. The van der Waals surface area contributed by atoms with Crippen LogP contribution in [0.5, 0.6) is 0 Å². The zero-order valence-electron chi connectivity index (χ0n) is 16.1. The molecule has 142 valence electrons. The van der Waals surface area contributed by atoms with Crippen molar-refractivity contribution < 1.29 is 8.42 Å². The van der Waals surface area contributed by atoms with E-state index in [-0.39, 0.29) is 11.3 Å². The van der Waals surface area contributed by atoms with Gasteiger partial charge in [-0.3, -0.25) is 0 Å². The van der Waals surface area contributed by atoms with Gasteiger partial charge in [-0.2, -0.15) is 4.31 Å². The summed E-state index contributed by atoms with van der Waals surface area (Å²) in [6, 6.07) is 15.5. The van der Waals surface area contributed by atoms with Crippen molar-refractivity contribution in [3.8, 4) is 0 Å². The van der Waals surface area contributed by atoms with E-state index >= 15 is 0 Å². The first-order chi connectivity index (χ1) is 12.8. The van der Waals surface area contributed by atoms with Crippen LogP contribution in [0.2, 0.25) is 0 Å². The van der Waals surface area contributed by atoms with Crippen LogP contribution in [-0.2, 0) is 15.4 Å². The monoisotopic (exact) mass is 382 g/mol. The number of aromatic amines is 1. The standard InChI is InChI=1S/C22H26N2O2S/c1-22(2,3)17-8-10-18(11-9-17)27(25,26)24-13-12-16(15-24)20-14-23-21-7-5-4-6-19(20)21/h4-11,14,16,23H,12-13,15H2,1-3H3. The molecule has 1 saturated heterocycles. The Morgan fingerprint density at radius 3 is 2.44 bits per heavy atom. The Bertz CT molecular complexity index is 1060. The first-order valence-electron chi connectivity index (χ1n) is 9.43. The third kappa shape index (κ3) is 3.30. The molecule has 3 aromatic rings. The Balaban J connectivity index is 1.57. The van der Waals surface area contributed by atoms with Crippen molar-refractivity contribution in [3.63, 3.8) is 0 Å². The number of nitrogens with zero attached hydrogens (tertiary/aromatic N) is 1. The highest BCUT2D eigenvalue weighted by molar-refractivity contribution is 7.89. The molecule has 0 bridgehead atoms. The Kier molecular flexibility index (Phi) is 4.40. The van der Waals surface area contributed by atoms with Gasteiger partial charge in [0, 0.05) is 36.1 Å². The van der Waals surface area contributed by atoms with Crippen molar-refractivity contribution in [2.75, 3.05) is 13.1 Å². The quantitative estimate of drug-likeness (QED) is 0.717. The molecule has 1 fully saturated rings. The van der Waals surface area contributed by atoms with E-state index in [1.807, 2.05) is 30.5 Å². The molecule has 4 rings (SSSR count). The fourth-order valence-electron chi connectivity index (χ4n) is 3.91. The molecule has 0 aliphatic carbocycles. The summed E-state index contributed by atoms with van der Waals surface area (Å²) >= 11 is 0. The van der Waals surface area contributed by atoms with Gasteiger partial charge in [0.1, 0.15) is 0 Å². The molecule has 1 aromatic heterocycles. The maximum atomic E-state index is 13.1. The molecule has 27 heavy (non-hydrogen) atoms. The van der Waals surface area contributed by atoms with Crippen LogP contribution in [0.15, 0.2) is 59.6 Å². The Morgan fingerprint density at radius 1 is 1.04 bits per heavy atom. The molecule has 1 aliphatic rings. The summed E-state index contributed by atoms with van der Waals surface area (Å²) in [6.45, 7) is 7.48. The minimum absolute atomic E-state index is 0.0103. The van der Waals surface area contributed by atoms with Crippen molar-refractivity contribution in [1.29, 1.82) is 0 Å². The normalized spacial score (nSPS) is 19.0. The van der Waals surface area contributed by atoms with Gasteiger partial charge in [-0.25, -0.2) is 8.42 Å². The Morgan fingerprint density at radius 2 is 1.74 bits per heavy atom. The number of para-hydroxylation sites is 1. The second-order valence-electron chi connectivity index (χ2n) is 8.41. The largest absolute Gasteiger partial charge is 0.361 e. The van der Waals surface area contributed by atoms with Crippen LogP contribution < -0.4 is 0 Å². The molecule has 4 nitrogen and oxygen atoms in total. The molecular weight excluding hydrogens is 356 g/mol. The predicted octanol–water partition coefficient (Wildman–Crippen LogP) is 4.64. The topological polar surface area (TPSA) is 53.2 Å². The van der Waals surface area contributed by atoms with Crippen LogP contribution in [0.3, 0.4) is 0 Å². The molecule has 1 aliphatic heterocycles. The molecule has 0 saturated carbocycles. The average Bonchev–Trinajstić information content (AvgIpc) is 3.28. The van der Waals surface area contributed by atoms with Gasteiger partial charge in [-0.15, -0.1) is 0 Å². The molecule has 0 amide bonds. The Labute approximate surface area is 161 Å². The van der Waals surface area contributed by atoms with Gasteiger partial charge in [-0.05, 0) is 41.2 Å². The van der Waals surface area contributed by atoms with Crippen LogP contribution in [-0.4, -0.2) is 30.8 Å². The van der Waals surface area contributed by atoms with E-state index in [0.29, 0.717) is 18.0 Å². The minimum atomic E-state index is -3.46. The van der Waals surface area contributed by atoms with Crippen molar-refractivity contribution in [2.24, 2.45) is 0 Å². The summed E-state index contributed by atoms with van der Waals surface area (Å²) in [5.74, 6) is 0.227. The van der Waals surface area contributed by atoms with Crippen LogP contribution in [0, 0.1) is 0 Å². The summed E-state index contributed by atoms with van der Waals surface area (Å²) in [5.41, 5.74) is 3.47. The van der Waals surface area contributed by atoms with Gasteiger partial charge in [0.15, 0.2) is 0 Å². The summed E-state index contributed by atoms with van der Waals surface area (Å²) in [5, 5.41) is 1.19. The summed E-state index contributed by atoms with van der Waals surface area (Å²) in [6.07, 6.45) is 2.88. The summed E-state index contributed by atoms with van der Waals surface area (Å²) < 4.78 is 27.8. The second kappa shape index (κ2) is 6.50. The maximum absolute atomic E-state index is 13.1. The minimum Gasteiger partial charge on any atom is -0.361 e. The summed E-state index contributed by atoms with van der Waals surface area (Å²) in [4.78, 5) is 3.69. The maximum Gasteiger partial charge on any atom is 0.243 e. The zero-order chi connectivity index (χ0) is 19.2. The van der Waals surface area contributed by atoms with Crippen molar-refractivity contribution >= 4 is 20.9 Å². The van der Waals surface area contributed by atoms with Gasteiger partial charge >= 0.3 is 0 Å². The molecule has 2 aromatic carbocycles. The molecule has 1 unspecified atom stereocenters. The van der Waals surface area contributed by atoms with E-state index in [1.165, 1.54) is 10.9 Å². The number of nitrogens with one attached hydrogen (secondary N) is 1. The lowest BCUT2D eigenvalue weighted by molar-refractivity contribution is 0.473. The van der Waals surface area contributed by atoms with Crippen LogP contribution >= 0.6 is 0 Å². The fourth-order valence-corrected chi connectivity index (χ4v) is 5.41. The first-order valence-corrected chi connectivity index (χ1v) is 10.9. The number of benzene rings is 2. The van der Waals surface area contributed by atoms with E-state index in [9.17, 15) is 8.42 Å². The number of fused-ring (bicyclic) bond motifs is 1. The number of hydrogen-bond acceptors (Lipinski definition) is 2. The van der Waals surface area contributed by atoms with E-state index in [1.54, 1.807) is 16.4 Å². The highest BCUT2D eigenvalue weighted by Gasteiger charge is 2.34. The zero-order valence-corrected chi connectivity index (χ0v) is 16.9. The second-order valence-corrected chi connectivity index (χ2v) is 10.4. The third-order valence-electron chi connectivity index (χ3n) is 5.57. The van der Waals surface area contributed by atoms with Gasteiger partial charge in [-0.1, -0.05) is 51.1 Å². The number of aromatic nitrogens is 1. The van der Waals surface area contributed by atoms with Crippen LogP contribution in [0.25, 0.3) is 10.9 Å². The smallest absolute Gasteiger partial charge is 0.243 e. The fraction of sp³-hybridized carbons (Fsp3) is 0.364. The average molecular weight is 383 g/mol. The molecule has 0 spiro atoms. The molecule has 5 heteroatoms. The first kappa shape index (κ1) is 18.3. The number of H-pyrrole nitrogens is 1. The molecule has 2 heterocycles. The molecular formula is C22H26N2O2S. The van der Waals surface area contributed by atoms with Gasteiger partial charge in [0.25, 0.3) is 0 Å². The van der Waals surface area contributed by atoms with E-state index < -0.39 is 10.0 Å². The predicted molar refractivity (Wildman–Crippen MR) is 110 cm³/mol. The summed E-state index contributed by atoms with van der Waals surface area (Å²) in [7, 11) is -3.46. The van der Waals surface area contributed by atoms with Gasteiger partial charge < -0.3 is 4.98 Å².